The predicted octanol–water partition coefficient (Wildman–Crippen LogP) is 1.75. The van der Waals surface area contributed by atoms with Crippen molar-refractivity contribution >= 4 is 17.0 Å². The molecule has 1 atom stereocenters. The fourth-order valence-corrected chi connectivity index (χ4v) is 2.35. The molecule has 0 radical (unpaired) electrons. The number of aromatic amines is 1. The topological polar surface area (TPSA) is 92.2 Å². The number of nitrogens with one attached hydrogen (secondary N) is 1. The Morgan fingerprint density at radius 1 is 1.40 bits per heavy atom. The molecule has 1 aromatic heterocycles. The van der Waals surface area contributed by atoms with Crippen LogP contribution < -0.4 is 11.1 Å². The van der Waals surface area contributed by atoms with Crippen molar-refractivity contribution in [3.63, 3.8) is 0 Å². The van der Waals surface area contributed by atoms with Crippen molar-refractivity contribution in [2.24, 2.45) is 0 Å². The molecule has 0 bridgehead atoms. The minimum absolute atomic E-state index is 0.0846. The maximum Gasteiger partial charge on any atom is 0.335 e. The van der Waals surface area contributed by atoms with Gasteiger partial charge in [-0.15, -0.1) is 0 Å². The van der Waals surface area contributed by atoms with E-state index in [0.717, 1.165) is 12.8 Å². The summed E-state index contributed by atoms with van der Waals surface area (Å²) < 4.78 is 1.38. The number of hydrogen-bond acceptors (Lipinski definition) is 3. The summed E-state index contributed by atoms with van der Waals surface area (Å²) in [6, 6.07) is 4.16. The lowest BCUT2D eigenvalue weighted by Crippen LogP contribution is -2.37. The Morgan fingerprint density at radius 2 is 2.10 bits per heavy atom. The van der Waals surface area contributed by atoms with Gasteiger partial charge in [-0.2, -0.15) is 0 Å². The molecule has 0 amide bonds. The van der Waals surface area contributed by atoms with Crippen molar-refractivity contribution < 1.29 is 9.90 Å². The average molecular weight is 276 g/mol. The Kier molecular flexibility index (Phi) is 3.74. The number of carbonyl (C=O) groups is 1. The third-order valence-corrected chi connectivity index (χ3v) is 3.31. The van der Waals surface area contributed by atoms with E-state index in [1.165, 1.54) is 22.8 Å². The van der Waals surface area contributed by atoms with Gasteiger partial charge in [-0.25, -0.2) is 4.79 Å². The fourth-order valence-electron chi connectivity index (χ4n) is 2.35. The lowest BCUT2D eigenvalue weighted by molar-refractivity contribution is 0.0697. The van der Waals surface area contributed by atoms with Crippen molar-refractivity contribution in [3.8, 4) is 0 Å². The Labute approximate surface area is 114 Å². The van der Waals surface area contributed by atoms with Crippen LogP contribution in [0.3, 0.4) is 0 Å². The van der Waals surface area contributed by atoms with Gasteiger partial charge in [-0.3, -0.25) is 14.2 Å². The number of rotatable bonds is 4. The van der Waals surface area contributed by atoms with Gasteiger partial charge in [0.25, 0.3) is 0 Å². The second kappa shape index (κ2) is 5.32. The van der Waals surface area contributed by atoms with Crippen molar-refractivity contribution in [1.82, 2.24) is 9.55 Å². The number of fused-ring (bicyclic) bond motifs is 1. The Bertz CT molecular complexity index is 773. The zero-order valence-corrected chi connectivity index (χ0v) is 11.3. The molecule has 0 fully saturated rings. The molecular formula is C14H16N2O4. The summed E-state index contributed by atoms with van der Waals surface area (Å²) in [6.45, 7) is 3.83. The highest BCUT2D eigenvalue weighted by Crippen LogP contribution is 2.18. The van der Waals surface area contributed by atoms with Gasteiger partial charge in [-0.1, -0.05) is 13.3 Å². The quantitative estimate of drug-likeness (QED) is 0.832. The first-order chi connectivity index (χ1) is 9.45. The molecule has 2 aromatic rings. The van der Waals surface area contributed by atoms with E-state index < -0.39 is 17.1 Å². The fraction of sp³-hybridized carbons (Fsp3) is 0.357. The lowest BCUT2D eigenvalue weighted by atomic mass is 10.1. The van der Waals surface area contributed by atoms with Gasteiger partial charge in [0.1, 0.15) is 0 Å². The Hall–Kier alpha value is -2.37. The lowest BCUT2D eigenvalue weighted by Gasteiger charge is -2.16. The van der Waals surface area contributed by atoms with Crippen molar-refractivity contribution in [3.05, 3.63) is 44.5 Å². The van der Waals surface area contributed by atoms with Crippen LogP contribution in [0.15, 0.2) is 27.8 Å². The van der Waals surface area contributed by atoms with E-state index in [0.29, 0.717) is 11.0 Å². The van der Waals surface area contributed by atoms with E-state index in [4.69, 9.17) is 5.11 Å². The number of hydrogen-bond donors (Lipinski definition) is 2. The van der Waals surface area contributed by atoms with Crippen LogP contribution in [0.25, 0.3) is 11.0 Å². The van der Waals surface area contributed by atoms with Crippen LogP contribution in [-0.2, 0) is 0 Å². The molecule has 2 rings (SSSR count). The molecule has 6 nitrogen and oxygen atoms in total. The number of carboxylic acids is 1. The minimum Gasteiger partial charge on any atom is -0.478 e. The molecule has 0 spiro atoms. The maximum absolute atomic E-state index is 12.1. The summed E-state index contributed by atoms with van der Waals surface area (Å²) in [5.41, 5.74) is -0.357. The zero-order valence-electron chi connectivity index (χ0n) is 11.3. The van der Waals surface area contributed by atoms with Gasteiger partial charge in [0.05, 0.1) is 16.6 Å². The van der Waals surface area contributed by atoms with E-state index in [1.54, 1.807) is 0 Å². The second-order valence-electron chi connectivity index (χ2n) is 4.80. The van der Waals surface area contributed by atoms with Crippen molar-refractivity contribution in [2.75, 3.05) is 0 Å². The summed E-state index contributed by atoms with van der Waals surface area (Å²) >= 11 is 0. The van der Waals surface area contributed by atoms with Crippen LogP contribution >= 0.6 is 0 Å². The van der Waals surface area contributed by atoms with Crippen LogP contribution in [0.1, 0.15) is 43.1 Å². The number of nitrogens with zero attached hydrogens (tertiary/aromatic N) is 1. The molecule has 1 heterocycles. The van der Waals surface area contributed by atoms with Gasteiger partial charge in [-0.05, 0) is 31.5 Å². The monoisotopic (exact) mass is 276 g/mol. The normalized spacial score (nSPS) is 12.5. The highest BCUT2D eigenvalue weighted by Gasteiger charge is 2.14. The van der Waals surface area contributed by atoms with E-state index in [2.05, 4.69) is 4.98 Å². The summed E-state index contributed by atoms with van der Waals surface area (Å²) in [5, 5.41) is 9.04. The highest BCUT2D eigenvalue weighted by molar-refractivity contribution is 5.92. The average Bonchev–Trinajstić information content (AvgIpc) is 2.39. The highest BCUT2D eigenvalue weighted by atomic mass is 16.4. The van der Waals surface area contributed by atoms with Crippen LogP contribution in [0.2, 0.25) is 0 Å². The molecule has 1 aromatic carbocycles. The zero-order chi connectivity index (χ0) is 14.9. The molecule has 0 saturated carbocycles. The van der Waals surface area contributed by atoms with Gasteiger partial charge >= 0.3 is 17.1 Å². The summed E-state index contributed by atoms with van der Waals surface area (Å²) in [7, 11) is 0. The molecule has 2 N–H and O–H groups in total. The van der Waals surface area contributed by atoms with Crippen molar-refractivity contribution in [1.29, 1.82) is 0 Å². The molecule has 0 aliphatic rings. The number of benzene rings is 1. The molecule has 6 heteroatoms. The summed E-state index contributed by atoms with van der Waals surface area (Å²) in [6.07, 6.45) is 1.59. The minimum atomic E-state index is -1.07. The second-order valence-corrected chi connectivity index (χ2v) is 4.80. The predicted molar refractivity (Wildman–Crippen MR) is 75.4 cm³/mol. The Balaban J connectivity index is 2.83. The van der Waals surface area contributed by atoms with Crippen LogP contribution in [0.4, 0.5) is 0 Å². The Morgan fingerprint density at radius 3 is 2.70 bits per heavy atom. The van der Waals surface area contributed by atoms with Crippen LogP contribution in [0.5, 0.6) is 0 Å². The van der Waals surface area contributed by atoms with Crippen LogP contribution in [-0.4, -0.2) is 20.6 Å². The van der Waals surface area contributed by atoms with Gasteiger partial charge < -0.3 is 10.1 Å². The molecule has 20 heavy (non-hydrogen) atoms. The van der Waals surface area contributed by atoms with Gasteiger partial charge in [0, 0.05) is 6.04 Å². The smallest absolute Gasteiger partial charge is 0.335 e. The molecule has 106 valence electrons. The van der Waals surface area contributed by atoms with E-state index in [-0.39, 0.29) is 11.6 Å². The first kappa shape index (κ1) is 14.0. The largest absolute Gasteiger partial charge is 0.478 e. The molecular weight excluding hydrogens is 260 g/mol. The van der Waals surface area contributed by atoms with E-state index >= 15 is 0 Å². The van der Waals surface area contributed by atoms with E-state index in [1.807, 2.05) is 13.8 Å². The number of H-pyrrole nitrogens is 1. The molecule has 1 unspecified atom stereocenters. The number of aromatic nitrogens is 2. The summed E-state index contributed by atoms with van der Waals surface area (Å²) in [5.74, 6) is -1.07. The third-order valence-electron chi connectivity index (χ3n) is 3.31. The van der Waals surface area contributed by atoms with Gasteiger partial charge in [0.15, 0.2) is 0 Å². The standard InChI is InChI=1S/C14H16N2O4/c1-3-4-8(2)16-11-7-9(14(19)20)5-6-10(11)15-12(17)13(16)18/h5-8H,3-4H2,1-2H3,(H,15,17)(H,19,20). The van der Waals surface area contributed by atoms with Crippen LogP contribution in [0, 0.1) is 0 Å². The number of aromatic carboxylic acids is 1. The third kappa shape index (κ3) is 2.36. The summed E-state index contributed by atoms with van der Waals surface area (Å²) in [4.78, 5) is 37.3. The molecule has 0 aliphatic carbocycles. The van der Waals surface area contributed by atoms with E-state index in [9.17, 15) is 14.4 Å². The van der Waals surface area contributed by atoms with Crippen molar-refractivity contribution in [2.45, 2.75) is 32.7 Å². The molecule has 0 aliphatic heterocycles. The van der Waals surface area contributed by atoms with Gasteiger partial charge in [0.2, 0.25) is 0 Å². The molecule has 0 saturated heterocycles. The first-order valence-corrected chi connectivity index (χ1v) is 6.47. The number of carboxylic acid groups (broad SMARTS) is 1. The maximum atomic E-state index is 12.1. The SMILES string of the molecule is CCCC(C)n1c(=O)c(=O)[nH]c2ccc(C(=O)O)cc21. The first-order valence-electron chi connectivity index (χ1n) is 6.47.